The third-order valence-electron chi connectivity index (χ3n) is 2.96. The molecule has 1 N–H and O–H groups in total. The first-order valence-electron chi connectivity index (χ1n) is 6.97. The van der Waals surface area contributed by atoms with E-state index in [0.717, 1.165) is 23.7 Å². The van der Waals surface area contributed by atoms with Gasteiger partial charge < -0.3 is 10.1 Å². The van der Waals surface area contributed by atoms with Crippen LogP contribution >= 0.6 is 0 Å². The Labute approximate surface area is 121 Å². The Balaban J connectivity index is 2.12. The summed E-state index contributed by atoms with van der Waals surface area (Å²) >= 11 is 0. The average Bonchev–Trinajstić information content (AvgIpc) is 2.37. The van der Waals surface area contributed by atoms with Crippen LogP contribution in [0.25, 0.3) is 0 Å². The number of anilines is 1. The van der Waals surface area contributed by atoms with E-state index in [2.05, 4.69) is 35.4 Å². The molecule has 0 aliphatic heterocycles. The maximum atomic E-state index is 5.89. The van der Waals surface area contributed by atoms with Crippen molar-refractivity contribution in [2.75, 3.05) is 5.32 Å². The Hall–Kier alpha value is -2.03. The molecular weight excluding hydrogens is 248 g/mol. The van der Waals surface area contributed by atoms with Crippen molar-refractivity contribution in [1.29, 1.82) is 0 Å². The van der Waals surface area contributed by atoms with Gasteiger partial charge in [0.05, 0.1) is 6.10 Å². The largest absolute Gasteiger partial charge is 0.491 e. The van der Waals surface area contributed by atoms with E-state index in [4.69, 9.17) is 4.74 Å². The van der Waals surface area contributed by atoms with E-state index in [1.165, 1.54) is 11.1 Å². The monoisotopic (exact) mass is 270 g/mol. The molecule has 106 valence electrons. The summed E-state index contributed by atoms with van der Waals surface area (Å²) in [6.07, 6.45) is 2.00. The Bertz CT molecular complexity index is 579. The second-order valence-corrected chi connectivity index (χ2v) is 5.32. The van der Waals surface area contributed by atoms with Gasteiger partial charge in [-0.1, -0.05) is 12.1 Å². The lowest BCUT2D eigenvalue weighted by molar-refractivity contribution is 0.240. The zero-order valence-electron chi connectivity index (χ0n) is 12.6. The van der Waals surface area contributed by atoms with Crippen molar-refractivity contribution >= 4 is 5.69 Å². The number of aryl methyl sites for hydroxylation is 2. The van der Waals surface area contributed by atoms with Crippen molar-refractivity contribution < 1.29 is 4.74 Å². The van der Waals surface area contributed by atoms with Crippen LogP contribution in [0.4, 0.5) is 5.69 Å². The standard InChI is InChI=1S/C17H22N2O/c1-12(2)20-17-9-13(3)5-6-15(17)11-19-16-7-8-18-14(4)10-16/h5-10,12H,11H2,1-4H3,(H,18,19). The van der Waals surface area contributed by atoms with E-state index >= 15 is 0 Å². The normalized spacial score (nSPS) is 10.7. The van der Waals surface area contributed by atoms with E-state index in [9.17, 15) is 0 Å². The van der Waals surface area contributed by atoms with Crippen LogP contribution in [0.2, 0.25) is 0 Å². The van der Waals surface area contributed by atoms with Crippen LogP contribution in [0, 0.1) is 13.8 Å². The number of ether oxygens (including phenoxy) is 1. The Kier molecular flexibility index (Phi) is 4.61. The lowest BCUT2D eigenvalue weighted by atomic mass is 10.1. The van der Waals surface area contributed by atoms with E-state index < -0.39 is 0 Å². The highest BCUT2D eigenvalue weighted by Crippen LogP contribution is 2.23. The van der Waals surface area contributed by atoms with E-state index in [1.807, 2.05) is 39.1 Å². The fourth-order valence-corrected chi connectivity index (χ4v) is 2.02. The molecule has 0 bridgehead atoms. The zero-order chi connectivity index (χ0) is 14.5. The van der Waals surface area contributed by atoms with Crippen LogP contribution in [-0.2, 0) is 6.54 Å². The molecule has 0 saturated heterocycles. The number of pyridine rings is 1. The molecule has 0 atom stereocenters. The van der Waals surface area contributed by atoms with Gasteiger partial charge in [-0.2, -0.15) is 0 Å². The van der Waals surface area contributed by atoms with Crippen molar-refractivity contribution in [3.05, 3.63) is 53.3 Å². The molecule has 1 heterocycles. The number of rotatable bonds is 5. The first-order chi connectivity index (χ1) is 9.54. The zero-order valence-corrected chi connectivity index (χ0v) is 12.6. The fraction of sp³-hybridized carbons (Fsp3) is 0.353. The molecule has 0 amide bonds. The van der Waals surface area contributed by atoms with E-state index in [-0.39, 0.29) is 6.10 Å². The molecule has 0 aliphatic rings. The Morgan fingerprint density at radius 2 is 1.95 bits per heavy atom. The Morgan fingerprint density at radius 3 is 2.65 bits per heavy atom. The fourth-order valence-electron chi connectivity index (χ4n) is 2.02. The third kappa shape index (κ3) is 3.98. The van der Waals surface area contributed by atoms with Crippen molar-refractivity contribution in [3.63, 3.8) is 0 Å². The number of nitrogens with one attached hydrogen (secondary N) is 1. The molecule has 0 aliphatic carbocycles. The van der Waals surface area contributed by atoms with E-state index in [1.54, 1.807) is 0 Å². The molecule has 2 aromatic rings. The number of benzene rings is 1. The minimum Gasteiger partial charge on any atom is -0.491 e. The molecule has 3 nitrogen and oxygen atoms in total. The summed E-state index contributed by atoms with van der Waals surface area (Å²) in [5.41, 5.74) is 4.47. The van der Waals surface area contributed by atoms with Crippen LogP contribution in [0.5, 0.6) is 5.75 Å². The molecule has 0 radical (unpaired) electrons. The van der Waals surface area contributed by atoms with Crippen molar-refractivity contribution in [2.45, 2.75) is 40.3 Å². The van der Waals surface area contributed by atoms with Crippen LogP contribution < -0.4 is 10.1 Å². The van der Waals surface area contributed by atoms with Crippen molar-refractivity contribution in [2.24, 2.45) is 0 Å². The molecule has 1 aromatic carbocycles. The van der Waals surface area contributed by atoms with Crippen LogP contribution in [0.15, 0.2) is 36.5 Å². The predicted molar refractivity (Wildman–Crippen MR) is 83.2 cm³/mol. The third-order valence-corrected chi connectivity index (χ3v) is 2.96. The molecule has 1 aromatic heterocycles. The predicted octanol–water partition coefficient (Wildman–Crippen LogP) is 4.10. The van der Waals surface area contributed by atoms with Gasteiger partial charge in [-0.25, -0.2) is 0 Å². The van der Waals surface area contributed by atoms with Gasteiger partial charge in [0, 0.05) is 29.7 Å². The maximum absolute atomic E-state index is 5.89. The van der Waals surface area contributed by atoms with Gasteiger partial charge in [0.2, 0.25) is 0 Å². The van der Waals surface area contributed by atoms with Gasteiger partial charge in [-0.05, 0) is 51.5 Å². The number of hydrogen-bond acceptors (Lipinski definition) is 3. The Morgan fingerprint density at radius 1 is 1.15 bits per heavy atom. The molecular formula is C17H22N2O. The molecule has 20 heavy (non-hydrogen) atoms. The minimum atomic E-state index is 0.179. The summed E-state index contributed by atoms with van der Waals surface area (Å²) < 4.78 is 5.89. The minimum absolute atomic E-state index is 0.179. The molecule has 2 rings (SSSR count). The molecule has 0 spiro atoms. The van der Waals surface area contributed by atoms with Crippen LogP contribution in [0.3, 0.4) is 0 Å². The maximum Gasteiger partial charge on any atom is 0.124 e. The molecule has 0 unspecified atom stereocenters. The van der Waals surface area contributed by atoms with Crippen molar-refractivity contribution in [1.82, 2.24) is 4.98 Å². The van der Waals surface area contributed by atoms with Crippen LogP contribution in [0.1, 0.15) is 30.7 Å². The summed E-state index contributed by atoms with van der Waals surface area (Å²) in [7, 11) is 0. The van der Waals surface area contributed by atoms with Crippen molar-refractivity contribution in [3.8, 4) is 5.75 Å². The second-order valence-electron chi connectivity index (χ2n) is 5.32. The van der Waals surface area contributed by atoms with Gasteiger partial charge in [-0.3, -0.25) is 4.98 Å². The van der Waals surface area contributed by atoms with Crippen LogP contribution in [-0.4, -0.2) is 11.1 Å². The average molecular weight is 270 g/mol. The lowest BCUT2D eigenvalue weighted by Gasteiger charge is -2.16. The summed E-state index contributed by atoms with van der Waals surface area (Å²) in [5.74, 6) is 0.957. The van der Waals surface area contributed by atoms with Gasteiger partial charge in [-0.15, -0.1) is 0 Å². The quantitative estimate of drug-likeness (QED) is 0.888. The molecule has 3 heteroatoms. The van der Waals surface area contributed by atoms with Gasteiger partial charge in [0.15, 0.2) is 0 Å². The second kappa shape index (κ2) is 6.42. The summed E-state index contributed by atoms with van der Waals surface area (Å²) in [5, 5.41) is 3.41. The molecule has 0 saturated carbocycles. The number of hydrogen-bond donors (Lipinski definition) is 1. The van der Waals surface area contributed by atoms with E-state index in [0.29, 0.717) is 0 Å². The summed E-state index contributed by atoms with van der Waals surface area (Å²) in [6, 6.07) is 10.3. The van der Waals surface area contributed by atoms with Gasteiger partial charge >= 0.3 is 0 Å². The first-order valence-corrected chi connectivity index (χ1v) is 6.97. The lowest BCUT2D eigenvalue weighted by Crippen LogP contribution is -2.09. The number of nitrogens with zero attached hydrogens (tertiary/aromatic N) is 1. The van der Waals surface area contributed by atoms with Gasteiger partial charge in [0.25, 0.3) is 0 Å². The first kappa shape index (κ1) is 14.4. The highest BCUT2D eigenvalue weighted by molar-refractivity contribution is 5.46. The highest BCUT2D eigenvalue weighted by atomic mass is 16.5. The summed E-state index contributed by atoms with van der Waals surface area (Å²) in [6.45, 7) is 8.91. The molecule has 0 fully saturated rings. The highest BCUT2D eigenvalue weighted by Gasteiger charge is 2.06. The van der Waals surface area contributed by atoms with Gasteiger partial charge in [0.1, 0.15) is 5.75 Å². The smallest absolute Gasteiger partial charge is 0.124 e. The topological polar surface area (TPSA) is 34.2 Å². The summed E-state index contributed by atoms with van der Waals surface area (Å²) in [4.78, 5) is 4.20. The number of aromatic nitrogens is 1. The SMILES string of the molecule is Cc1ccc(CNc2ccnc(C)c2)c(OC(C)C)c1.